The van der Waals surface area contributed by atoms with Crippen LogP contribution in [0.25, 0.3) is 0 Å². The number of hydrogen-bond donors (Lipinski definition) is 2. The van der Waals surface area contributed by atoms with E-state index in [-0.39, 0.29) is 25.0 Å². The van der Waals surface area contributed by atoms with Gasteiger partial charge in [-0.2, -0.15) is 4.91 Å². The molecule has 1 rings (SSSR count). The van der Waals surface area contributed by atoms with Crippen molar-refractivity contribution in [3.8, 4) is 0 Å². The molecular formula is C15H23NO3. The minimum Gasteiger partial charge on any atom is -0.396 e. The van der Waals surface area contributed by atoms with Gasteiger partial charge in [-0.1, -0.05) is 35.5 Å². The molecule has 1 aromatic carbocycles. The molecule has 106 valence electrons. The van der Waals surface area contributed by atoms with E-state index in [0.29, 0.717) is 19.4 Å². The molecule has 4 nitrogen and oxygen atoms in total. The topological polar surface area (TPSA) is 69.9 Å². The Labute approximate surface area is 114 Å². The summed E-state index contributed by atoms with van der Waals surface area (Å²) in [4.78, 5) is 10.3. The predicted octanol–water partition coefficient (Wildman–Crippen LogP) is 2.70. The third-order valence-corrected chi connectivity index (χ3v) is 3.49. The highest BCUT2D eigenvalue weighted by atomic mass is 16.3. The summed E-state index contributed by atoms with van der Waals surface area (Å²) in [6.45, 7) is 0.581. The van der Waals surface area contributed by atoms with Crippen molar-refractivity contribution in [1.29, 1.82) is 0 Å². The van der Waals surface area contributed by atoms with Gasteiger partial charge in [0.1, 0.15) is 0 Å². The summed E-state index contributed by atoms with van der Waals surface area (Å²) in [5, 5.41) is 21.2. The summed E-state index contributed by atoms with van der Waals surface area (Å²) in [5.74, 6) is 0.416. The lowest BCUT2D eigenvalue weighted by Gasteiger charge is -2.22. The Balaban J connectivity index is 2.65. The van der Waals surface area contributed by atoms with Gasteiger partial charge in [-0.3, -0.25) is 0 Å². The van der Waals surface area contributed by atoms with E-state index < -0.39 is 0 Å². The summed E-state index contributed by atoms with van der Waals surface area (Å²) >= 11 is 0. The van der Waals surface area contributed by atoms with Gasteiger partial charge in [-0.25, -0.2) is 0 Å². The van der Waals surface area contributed by atoms with Crippen molar-refractivity contribution < 1.29 is 10.2 Å². The Kier molecular flexibility index (Phi) is 8.02. The molecule has 0 aliphatic heterocycles. The van der Waals surface area contributed by atoms with Crippen LogP contribution < -0.4 is 0 Å². The highest BCUT2D eigenvalue weighted by Crippen LogP contribution is 2.29. The van der Waals surface area contributed by atoms with Crippen molar-refractivity contribution in [3.63, 3.8) is 0 Å². The fourth-order valence-electron chi connectivity index (χ4n) is 2.42. The molecule has 0 spiro atoms. The van der Waals surface area contributed by atoms with Crippen LogP contribution in [0.1, 0.15) is 37.2 Å². The first-order chi connectivity index (χ1) is 9.31. The second-order valence-corrected chi connectivity index (χ2v) is 4.90. The van der Waals surface area contributed by atoms with E-state index in [1.165, 1.54) is 5.56 Å². The number of aliphatic hydroxyl groups is 2. The van der Waals surface area contributed by atoms with Crippen LogP contribution >= 0.6 is 0 Å². The summed E-state index contributed by atoms with van der Waals surface area (Å²) in [7, 11) is 0. The lowest BCUT2D eigenvalue weighted by atomic mass is 9.85. The van der Waals surface area contributed by atoms with Gasteiger partial charge >= 0.3 is 0 Å². The molecule has 0 saturated heterocycles. The van der Waals surface area contributed by atoms with Crippen molar-refractivity contribution in [2.24, 2.45) is 11.1 Å². The van der Waals surface area contributed by atoms with E-state index in [1.807, 2.05) is 18.2 Å². The SMILES string of the molecule is O=NCCC(CC(CO)CCCO)c1ccccc1. The Morgan fingerprint density at radius 2 is 1.84 bits per heavy atom. The predicted molar refractivity (Wildman–Crippen MR) is 76.0 cm³/mol. The average Bonchev–Trinajstić information content (AvgIpc) is 2.47. The van der Waals surface area contributed by atoms with Crippen LogP contribution in [0.15, 0.2) is 35.5 Å². The van der Waals surface area contributed by atoms with Gasteiger partial charge in [-0.15, -0.1) is 0 Å². The van der Waals surface area contributed by atoms with Crippen LogP contribution in [-0.4, -0.2) is 30.0 Å². The van der Waals surface area contributed by atoms with Gasteiger partial charge in [0.2, 0.25) is 0 Å². The zero-order valence-electron chi connectivity index (χ0n) is 11.2. The van der Waals surface area contributed by atoms with Gasteiger partial charge in [0.25, 0.3) is 0 Å². The van der Waals surface area contributed by atoms with Crippen molar-refractivity contribution >= 4 is 0 Å². The van der Waals surface area contributed by atoms with Crippen molar-refractivity contribution in [3.05, 3.63) is 40.8 Å². The lowest BCUT2D eigenvalue weighted by molar-refractivity contribution is 0.187. The van der Waals surface area contributed by atoms with Crippen LogP contribution in [0.4, 0.5) is 0 Å². The van der Waals surface area contributed by atoms with E-state index in [1.54, 1.807) is 0 Å². The Hall–Kier alpha value is -1.26. The quantitative estimate of drug-likeness (QED) is 0.639. The van der Waals surface area contributed by atoms with E-state index >= 15 is 0 Å². The number of nitroso groups, excluding NO2 is 1. The molecular weight excluding hydrogens is 242 g/mol. The molecule has 0 aliphatic rings. The van der Waals surface area contributed by atoms with Gasteiger partial charge in [0.05, 0.1) is 6.54 Å². The van der Waals surface area contributed by atoms with Crippen LogP contribution in [0.5, 0.6) is 0 Å². The molecule has 19 heavy (non-hydrogen) atoms. The highest BCUT2D eigenvalue weighted by molar-refractivity contribution is 5.19. The van der Waals surface area contributed by atoms with Crippen molar-refractivity contribution in [2.45, 2.75) is 31.6 Å². The fourth-order valence-corrected chi connectivity index (χ4v) is 2.42. The highest BCUT2D eigenvalue weighted by Gasteiger charge is 2.17. The van der Waals surface area contributed by atoms with Crippen LogP contribution in [-0.2, 0) is 0 Å². The first kappa shape index (κ1) is 15.8. The number of rotatable bonds is 10. The van der Waals surface area contributed by atoms with E-state index in [2.05, 4.69) is 17.3 Å². The molecule has 0 saturated carbocycles. The maximum Gasteiger partial charge on any atom is 0.0817 e. The molecule has 0 heterocycles. The zero-order valence-corrected chi connectivity index (χ0v) is 11.2. The molecule has 0 amide bonds. The largest absolute Gasteiger partial charge is 0.396 e. The van der Waals surface area contributed by atoms with E-state index in [0.717, 1.165) is 12.8 Å². The van der Waals surface area contributed by atoms with Crippen LogP contribution in [0.3, 0.4) is 0 Å². The minimum absolute atomic E-state index is 0.123. The first-order valence-electron chi connectivity index (χ1n) is 6.87. The van der Waals surface area contributed by atoms with Crippen LogP contribution in [0.2, 0.25) is 0 Å². The second kappa shape index (κ2) is 9.64. The average molecular weight is 265 g/mol. The lowest BCUT2D eigenvalue weighted by Crippen LogP contribution is -2.13. The van der Waals surface area contributed by atoms with E-state index in [9.17, 15) is 10.0 Å². The van der Waals surface area contributed by atoms with Gasteiger partial charge in [0.15, 0.2) is 0 Å². The summed E-state index contributed by atoms with van der Waals surface area (Å²) in [6, 6.07) is 10.0. The number of hydrogen-bond acceptors (Lipinski definition) is 4. The first-order valence-corrected chi connectivity index (χ1v) is 6.87. The van der Waals surface area contributed by atoms with Crippen LogP contribution in [0, 0.1) is 10.8 Å². The number of aliphatic hydroxyl groups excluding tert-OH is 2. The third kappa shape index (κ3) is 5.94. The molecule has 2 N–H and O–H groups in total. The zero-order chi connectivity index (χ0) is 13.9. The second-order valence-electron chi connectivity index (χ2n) is 4.90. The van der Waals surface area contributed by atoms with Gasteiger partial charge in [-0.05, 0) is 43.1 Å². The molecule has 0 aromatic heterocycles. The fraction of sp³-hybridized carbons (Fsp3) is 0.600. The third-order valence-electron chi connectivity index (χ3n) is 3.49. The number of benzene rings is 1. The molecule has 0 aliphatic carbocycles. The summed E-state index contributed by atoms with van der Waals surface area (Å²) < 4.78 is 0. The Morgan fingerprint density at radius 3 is 2.42 bits per heavy atom. The Bertz CT molecular complexity index is 343. The molecule has 0 fully saturated rings. The molecule has 0 bridgehead atoms. The normalized spacial score (nSPS) is 14.0. The maximum absolute atomic E-state index is 10.3. The summed E-state index contributed by atoms with van der Waals surface area (Å²) in [5.41, 5.74) is 1.19. The minimum atomic E-state index is 0.123. The smallest absolute Gasteiger partial charge is 0.0817 e. The monoisotopic (exact) mass is 265 g/mol. The summed E-state index contributed by atoms with van der Waals surface area (Å²) in [6.07, 6.45) is 3.06. The molecule has 2 atom stereocenters. The molecule has 4 heteroatoms. The maximum atomic E-state index is 10.3. The van der Waals surface area contributed by atoms with Gasteiger partial charge < -0.3 is 10.2 Å². The molecule has 0 radical (unpaired) electrons. The van der Waals surface area contributed by atoms with Gasteiger partial charge in [0, 0.05) is 13.2 Å². The molecule has 2 unspecified atom stereocenters. The standard InChI is InChI=1S/C15H23NO3/c17-10-4-5-13(12-18)11-15(8-9-16-19)14-6-2-1-3-7-14/h1-3,6-7,13,15,17-18H,4-5,8-12H2. The Morgan fingerprint density at radius 1 is 1.11 bits per heavy atom. The molecule has 1 aromatic rings. The van der Waals surface area contributed by atoms with Crippen molar-refractivity contribution in [1.82, 2.24) is 0 Å². The van der Waals surface area contributed by atoms with Crippen molar-refractivity contribution in [2.75, 3.05) is 19.8 Å². The van der Waals surface area contributed by atoms with E-state index in [4.69, 9.17) is 5.11 Å². The number of nitrogens with zero attached hydrogens (tertiary/aromatic N) is 1.